The van der Waals surface area contributed by atoms with Crippen molar-refractivity contribution in [3.05, 3.63) is 46.5 Å². The van der Waals surface area contributed by atoms with E-state index in [4.69, 9.17) is 5.11 Å². The summed E-state index contributed by atoms with van der Waals surface area (Å²) < 4.78 is 0.918. The summed E-state index contributed by atoms with van der Waals surface area (Å²) in [7, 11) is 0. The van der Waals surface area contributed by atoms with Gasteiger partial charge in [-0.2, -0.15) is 0 Å². The van der Waals surface area contributed by atoms with Crippen LogP contribution in [0.25, 0.3) is 0 Å². The number of allylic oxidation sites excluding steroid dienone is 2. The van der Waals surface area contributed by atoms with Crippen molar-refractivity contribution in [2.75, 3.05) is 0 Å². The Bertz CT molecular complexity index is 516. The molecular formula is C15H16BrNO3. The Morgan fingerprint density at radius 1 is 1.25 bits per heavy atom. The number of carboxylic acid groups (broad SMARTS) is 1. The molecule has 0 radical (unpaired) electrons. The molecule has 1 amide bonds. The number of carboxylic acids is 1. The lowest BCUT2D eigenvalue weighted by molar-refractivity contribution is -0.137. The van der Waals surface area contributed by atoms with Gasteiger partial charge in [0.15, 0.2) is 0 Å². The first-order chi connectivity index (χ1) is 9.56. The Morgan fingerprint density at radius 2 is 1.85 bits per heavy atom. The molecule has 1 aromatic carbocycles. The molecule has 4 nitrogen and oxygen atoms in total. The SMILES string of the molecule is O=C(O)C[C@H](NC(=O)C1CC=CC1)c1ccc(Br)cc1. The van der Waals surface area contributed by atoms with Crippen LogP contribution in [0.4, 0.5) is 0 Å². The van der Waals surface area contributed by atoms with Gasteiger partial charge < -0.3 is 10.4 Å². The Morgan fingerprint density at radius 3 is 2.40 bits per heavy atom. The highest BCUT2D eigenvalue weighted by atomic mass is 79.9. The van der Waals surface area contributed by atoms with Crippen molar-refractivity contribution in [2.45, 2.75) is 25.3 Å². The normalized spacial score (nSPS) is 16.1. The third-order valence-electron chi connectivity index (χ3n) is 3.35. The molecule has 0 aliphatic heterocycles. The van der Waals surface area contributed by atoms with Crippen molar-refractivity contribution in [2.24, 2.45) is 5.92 Å². The molecule has 1 aliphatic rings. The number of carbonyl (C=O) groups is 2. The van der Waals surface area contributed by atoms with E-state index in [1.165, 1.54) is 0 Å². The fourth-order valence-corrected chi connectivity index (χ4v) is 2.51. The summed E-state index contributed by atoms with van der Waals surface area (Å²) in [4.78, 5) is 23.1. The molecule has 0 bridgehead atoms. The molecule has 0 heterocycles. The van der Waals surface area contributed by atoms with E-state index in [0.717, 1.165) is 22.9 Å². The zero-order valence-corrected chi connectivity index (χ0v) is 12.5. The molecule has 0 aromatic heterocycles. The number of hydrogen-bond donors (Lipinski definition) is 2. The van der Waals surface area contributed by atoms with Gasteiger partial charge in [-0.25, -0.2) is 0 Å². The van der Waals surface area contributed by atoms with Crippen molar-refractivity contribution in [3.8, 4) is 0 Å². The van der Waals surface area contributed by atoms with Gasteiger partial charge in [-0.15, -0.1) is 0 Å². The van der Waals surface area contributed by atoms with Crippen LogP contribution >= 0.6 is 15.9 Å². The Kier molecular flexibility index (Phi) is 4.95. The standard InChI is InChI=1S/C15H16BrNO3/c16-12-7-5-10(6-8-12)13(9-14(18)19)17-15(20)11-3-1-2-4-11/h1-2,5-8,11,13H,3-4,9H2,(H,17,20)(H,18,19)/t13-/m0/s1. The summed E-state index contributed by atoms with van der Waals surface area (Å²) in [6.45, 7) is 0. The lowest BCUT2D eigenvalue weighted by Gasteiger charge is -2.20. The summed E-state index contributed by atoms with van der Waals surface area (Å²) in [5, 5.41) is 11.9. The average molecular weight is 338 g/mol. The number of halogens is 1. The van der Waals surface area contributed by atoms with Crippen LogP contribution in [0, 0.1) is 5.92 Å². The van der Waals surface area contributed by atoms with Crippen molar-refractivity contribution in [1.82, 2.24) is 5.32 Å². The Hall–Kier alpha value is -1.62. The molecule has 0 unspecified atom stereocenters. The topological polar surface area (TPSA) is 66.4 Å². The number of benzene rings is 1. The van der Waals surface area contributed by atoms with Crippen molar-refractivity contribution in [3.63, 3.8) is 0 Å². The molecule has 1 atom stereocenters. The van der Waals surface area contributed by atoms with Gasteiger partial charge in [0.25, 0.3) is 0 Å². The van der Waals surface area contributed by atoms with Gasteiger partial charge in [-0.05, 0) is 30.5 Å². The van der Waals surface area contributed by atoms with Crippen LogP contribution in [0.5, 0.6) is 0 Å². The fourth-order valence-electron chi connectivity index (χ4n) is 2.24. The zero-order chi connectivity index (χ0) is 14.5. The summed E-state index contributed by atoms with van der Waals surface area (Å²) in [5.41, 5.74) is 0.801. The Balaban J connectivity index is 2.08. The van der Waals surface area contributed by atoms with E-state index >= 15 is 0 Å². The summed E-state index contributed by atoms with van der Waals surface area (Å²) >= 11 is 3.34. The van der Waals surface area contributed by atoms with Crippen LogP contribution in [-0.4, -0.2) is 17.0 Å². The second-order valence-electron chi connectivity index (χ2n) is 4.85. The van der Waals surface area contributed by atoms with Crippen LogP contribution in [0.2, 0.25) is 0 Å². The molecule has 0 saturated carbocycles. The number of nitrogens with one attached hydrogen (secondary N) is 1. The van der Waals surface area contributed by atoms with Gasteiger partial charge in [-0.1, -0.05) is 40.2 Å². The first kappa shape index (κ1) is 14.8. The van der Waals surface area contributed by atoms with Crippen LogP contribution in [0.1, 0.15) is 30.9 Å². The average Bonchev–Trinajstić information content (AvgIpc) is 2.92. The quantitative estimate of drug-likeness (QED) is 0.811. The number of aliphatic carboxylic acids is 1. The number of rotatable bonds is 5. The molecule has 2 N–H and O–H groups in total. The molecule has 20 heavy (non-hydrogen) atoms. The minimum absolute atomic E-state index is 0.0678. The van der Waals surface area contributed by atoms with Crippen molar-refractivity contribution in [1.29, 1.82) is 0 Å². The molecule has 2 rings (SSSR count). The predicted octanol–water partition coefficient (Wildman–Crippen LogP) is 3.05. The van der Waals surface area contributed by atoms with Crippen LogP contribution in [0.3, 0.4) is 0 Å². The zero-order valence-electron chi connectivity index (χ0n) is 10.9. The number of carbonyl (C=O) groups excluding carboxylic acids is 1. The molecule has 0 spiro atoms. The number of amides is 1. The molecule has 1 aliphatic carbocycles. The van der Waals surface area contributed by atoms with E-state index in [9.17, 15) is 9.59 Å². The van der Waals surface area contributed by atoms with Gasteiger partial charge in [0.05, 0.1) is 12.5 Å². The third-order valence-corrected chi connectivity index (χ3v) is 3.87. The summed E-state index contributed by atoms with van der Waals surface area (Å²) in [5.74, 6) is -1.08. The van der Waals surface area contributed by atoms with E-state index in [1.807, 2.05) is 36.4 Å². The van der Waals surface area contributed by atoms with E-state index < -0.39 is 12.0 Å². The van der Waals surface area contributed by atoms with Gasteiger partial charge in [0, 0.05) is 10.4 Å². The first-order valence-corrected chi connectivity index (χ1v) is 7.28. The summed E-state index contributed by atoms with van der Waals surface area (Å²) in [6.07, 6.45) is 5.30. The monoisotopic (exact) mass is 337 g/mol. The van der Waals surface area contributed by atoms with Gasteiger partial charge in [0.1, 0.15) is 0 Å². The van der Waals surface area contributed by atoms with Crippen molar-refractivity contribution < 1.29 is 14.7 Å². The minimum atomic E-state index is -0.928. The minimum Gasteiger partial charge on any atom is -0.481 e. The maximum Gasteiger partial charge on any atom is 0.305 e. The fraction of sp³-hybridized carbons (Fsp3) is 0.333. The van der Waals surface area contributed by atoms with Gasteiger partial charge in [-0.3, -0.25) is 9.59 Å². The van der Waals surface area contributed by atoms with Crippen LogP contribution in [-0.2, 0) is 9.59 Å². The lowest BCUT2D eigenvalue weighted by atomic mass is 10.0. The van der Waals surface area contributed by atoms with Gasteiger partial charge in [0.2, 0.25) is 5.91 Å². The first-order valence-electron chi connectivity index (χ1n) is 6.49. The predicted molar refractivity (Wildman–Crippen MR) is 79.1 cm³/mol. The van der Waals surface area contributed by atoms with E-state index in [-0.39, 0.29) is 18.2 Å². The number of hydrogen-bond acceptors (Lipinski definition) is 2. The van der Waals surface area contributed by atoms with E-state index in [0.29, 0.717) is 0 Å². The molecule has 1 aromatic rings. The van der Waals surface area contributed by atoms with Crippen LogP contribution in [0.15, 0.2) is 40.9 Å². The second-order valence-corrected chi connectivity index (χ2v) is 5.77. The largest absolute Gasteiger partial charge is 0.481 e. The highest BCUT2D eigenvalue weighted by molar-refractivity contribution is 9.10. The van der Waals surface area contributed by atoms with E-state index in [2.05, 4.69) is 21.2 Å². The maximum atomic E-state index is 12.1. The summed E-state index contributed by atoms with van der Waals surface area (Å²) in [6, 6.07) is 6.84. The smallest absolute Gasteiger partial charge is 0.305 e. The van der Waals surface area contributed by atoms with Gasteiger partial charge >= 0.3 is 5.97 Å². The highest BCUT2D eigenvalue weighted by Gasteiger charge is 2.24. The molecular weight excluding hydrogens is 322 g/mol. The van der Waals surface area contributed by atoms with Crippen molar-refractivity contribution >= 4 is 27.8 Å². The maximum absolute atomic E-state index is 12.1. The van der Waals surface area contributed by atoms with E-state index in [1.54, 1.807) is 0 Å². The third kappa shape index (κ3) is 3.93. The second kappa shape index (κ2) is 6.70. The highest BCUT2D eigenvalue weighted by Crippen LogP contribution is 2.23. The molecule has 5 heteroatoms. The lowest BCUT2D eigenvalue weighted by Crippen LogP contribution is -2.34. The molecule has 0 saturated heterocycles. The Labute approximate surface area is 126 Å². The molecule has 106 valence electrons. The molecule has 0 fully saturated rings. The van der Waals surface area contributed by atoms with Crippen LogP contribution < -0.4 is 5.32 Å².